The summed E-state index contributed by atoms with van der Waals surface area (Å²) in [5, 5.41) is 15.4. The number of hydrogen-bond donors (Lipinski definition) is 1. The number of thiophene rings is 1. The Morgan fingerprint density at radius 3 is 2.78 bits per heavy atom. The van der Waals surface area contributed by atoms with Gasteiger partial charge < -0.3 is 5.32 Å². The Labute approximate surface area is 168 Å². The zero-order valence-corrected chi connectivity index (χ0v) is 17.1. The fourth-order valence-corrected chi connectivity index (χ4v) is 4.74. The molecular formula is C17H15ClN4O3S2. The number of amides is 1. The summed E-state index contributed by atoms with van der Waals surface area (Å²) in [6, 6.07) is 4.15. The molecule has 7 nitrogen and oxygen atoms in total. The van der Waals surface area contributed by atoms with E-state index in [0.717, 1.165) is 20.8 Å². The van der Waals surface area contributed by atoms with E-state index in [0.29, 0.717) is 11.5 Å². The number of nitro benzene ring substituents is 1. The number of thioether (sulfide) groups is 1. The lowest BCUT2D eigenvalue weighted by Gasteiger charge is -2.07. The lowest BCUT2D eigenvalue weighted by Crippen LogP contribution is -2.14. The Hall–Kier alpha value is -2.23. The van der Waals surface area contributed by atoms with Gasteiger partial charge in [0.1, 0.15) is 20.7 Å². The summed E-state index contributed by atoms with van der Waals surface area (Å²) < 4.78 is 0. The number of nitrogens with one attached hydrogen (secondary N) is 1. The van der Waals surface area contributed by atoms with E-state index in [-0.39, 0.29) is 22.4 Å². The largest absolute Gasteiger partial charge is 0.325 e. The van der Waals surface area contributed by atoms with Crippen LogP contribution in [0, 0.1) is 30.9 Å². The number of anilines is 1. The van der Waals surface area contributed by atoms with Gasteiger partial charge in [0.05, 0.1) is 10.7 Å². The van der Waals surface area contributed by atoms with Gasteiger partial charge in [-0.05, 0) is 38.5 Å². The van der Waals surface area contributed by atoms with Crippen molar-refractivity contribution in [2.45, 2.75) is 25.8 Å². The van der Waals surface area contributed by atoms with Crippen LogP contribution in [0.25, 0.3) is 10.2 Å². The standard InChI is InChI=1S/C17H15ClN4O3S2/c1-8-9(2)27-17-15(8)16(19-10(3)20-17)26-7-14(23)21-11-4-5-12(18)13(6-11)22(24)25/h4-6H,7H2,1-3H3,(H,21,23). The highest BCUT2D eigenvalue weighted by Crippen LogP contribution is 2.35. The number of nitrogens with zero attached hydrogens (tertiary/aromatic N) is 3. The number of aryl methyl sites for hydroxylation is 3. The summed E-state index contributed by atoms with van der Waals surface area (Å²) in [7, 11) is 0. The number of hydrogen-bond acceptors (Lipinski definition) is 7. The van der Waals surface area contributed by atoms with Crippen LogP contribution in [0.3, 0.4) is 0 Å². The van der Waals surface area contributed by atoms with E-state index >= 15 is 0 Å². The average molecular weight is 423 g/mol. The number of aromatic nitrogens is 2. The molecule has 0 saturated carbocycles. The highest BCUT2D eigenvalue weighted by Gasteiger charge is 2.17. The molecule has 0 aliphatic heterocycles. The first-order chi connectivity index (χ1) is 12.8. The zero-order valence-electron chi connectivity index (χ0n) is 14.7. The van der Waals surface area contributed by atoms with Gasteiger partial charge in [-0.25, -0.2) is 9.97 Å². The predicted octanol–water partition coefficient (Wildman–Crippen LogP) is 4.91. The quantitative estimate of drug-likeness (QED) is 0.271. The minimum absolute atomic E-state index is 0.0227. The van der Waals surface area contributed by atoms with Crippen LogP contribution in [0.15, 0.2) is 23.2 Å². The molecule has 0 saturated heterocycles. The molecule has 140 valence electrons. The third-order valence-electron chi connectivity index (χ3n) is 3.87. The normalized spacial score (nSPS) is 11.0. The van der Waals surface area contributed by atoms with Crippen molar-refractivity contribution in [3.63, 3.8) is 0 Å². The van der Waals surface area contributed by atoms with Gasteiger partial charge in [-0.1, -0.05) is 23.4 Å². The van der Waals surface area contributed by atoms with Crippen molar-refractivity contribution < 1.29 is 9.72 Å². The van der Waals surface area contributed by atoms with Crippen LogP contribution >= 0.6 is 34.7 Å². The first-order valence-corrected chi connectivity index (χ1v) is 10.0. The molecule has 2 heterocycles. The van der Waals surface area contributed by atoms with Gasteiger partial charge in [0.2, 0.25) is 5.91 Å². The summed E-state index contributed by atoms with van der Waals surface area (Å²) >= 11 is 8.71. The molecule has 10 heteroatoms. The monoisotopic (exact) mass is 422 g/mol. The van der Waals surface area contributed by atoms with Crippen LogP contribution in [-0.4, -0.2) is 26.6 Å². The zero-order chi connectivity index (χ0) is 19.7. The van der Waals surface area contributed by atoms with Crippen molar-refractivity contribution in [3.8, 4) is 0 Å². The van der Waals surface area contributed by atoms with Crippen molar-refractivity contribution in [1.82, 2.24) is 9.97 Å². The fourth-order valence-electron chi connectivity index (χ4n) is 2.48. The number of fused-ring (bicyclic) bond motifs is 1. The van der Waals surface area contributed by atoms with Crippen molar-refractivity contribution >= 4 is 62.2 Å². The molecule has 3 aromatic rings. The summed E-state index contributed by atoms with van der Waals surface area (Å²) in [5.41, 5.74) is 1.19. The topological polar surface area (TPSA) is 98.0 Å². The summed E-state index contributed by atoms with van der Waals surface area (Å²) in [6.07, 6.45) is 0. The second kappa shape index (κ2) is 7.79. The molecule has 3 rings (SSSR count). The summed E-state index contributed by atoms with van der Waals surface area (Å²) in [4.78, 5) is 33.7. The van der Waals surface area contributed by atoms with Gasteiger partial charge in [-0.3, -0.25) is 14.9 Å². The molecule has 2 aromatic heterocycles. The second-order valence-electron chi connectivity index (χ2n) is 5.80. The molecular weight excluding hydrogens is 408 g/mol. The molecule has 0 radical (unpaired) electrons. The molecule has 27 heavy (non-hydrogen) atoms. The van der Waals surface area contributed by atoms with Crippen molar-refractivity contribution in [2.75, 3.05) is 11.1 Å². The smallest absolute Gasteiger partial charge is 0.289 e. The van der Waals surface area contributed by atoms with E-state index in [9.17, 15) is 14.9 Å². The van der Waals surface area contributed by atoms with Gasteiger partial charge in [-0.2, -0.15) is 0 Å². The highest BCUT2D eigenvalue weighted by molar-refractivity contribution is 8.00. The van der Waals surface area contributed by atoms with E-state index in [1.54, 1.807) is 11.3 Å². The van der Waals surface area contributed by atoms with Crippen LogP contribution in [0.5, 0.6) is 0 Å². The Morgan fingerprint density at radius 1 is 1.33 bits per heavy atom. The van der Waals surface area contributed by atoms with Crippen LogP contribution in [0.2, 0.25) is 5.02 Å². The third-order valence-corrected chi connectivity index (χ3v) is 6.27. The van der Waals surface area contributed by atoms with Gasteiger partial charge in [-0.15, -0.1) is 11.3 Å². The van der Waals surface area contributed by atoms with Crippen LogP contribution in [-0.2, 0) is 4.79 Å². The summed E-state index contributed by atoms with van der Waals surface area (Å²) in [6.45, 7) is 5.87. The van der Waals surface area contributed by atoms with Gasteiger partial charge in [0.25, 0.3) is 5.69 Å². The Morgan fingerprint density at radius 2 is 2.07 bits per heavy atom. The molecule has 0 aliphatic rings. The number of benzene rings is 1. The molecule has 0 unspecified atom stereocenters. The van der Waals surface area contributed by atoms with E-state index in [1.807, 2.05) is 20.8 Å². The van der Waals surface area contributed by atoms with Crippen molar-refractivity contribution in [1.29, 1.82) is 0 Å². The molecule has 0 aliphatic carbocycles. The second-order valence-corrected chi connectivity index (χ2v) is 8.37. The first kappa shape index (κ1) is 19.5. The first-order valence-electron chi connectivity index (χ1n) is 7.87. The number of rotatable bonds is 5. The van der Waals surface area contributed by atoms with Crippen molar-refractivity contribution in [3.05, 3.63) is 49.6 Å². The third kappa shape index (κ3) is 4.20. The SMILES string of the molecule is Cc1nc(SCC(=O)Nc2ccc(Cl)c([N+](=O)[O-])c2)c2c(C)c(C)sc2n1. The van der Waals surface area contributed by atoms with E-state index in [4.69, 9.17) is 11.6 Å². The maximum Gasteiger partial charge on any atom is 0.289 e. The van der Waals surface area contributed by atoms with E-state index < -0.39 is 4.92 Å². The summed E-state index contributed by atoms with van der Waals surface area (Å²) in [5.74, 6) is 0.488. The highest BCUT2D eigenvalue weighted by atomic mass is 35.5. The van der Waals surface area contributed by atoms with E-state index in [2.05, 4.69) is 15.3 Å². The number of carbonyl (C=O) groups is 1. The molecule has 0 fully saturated rings. The lowest BCUT2D eigenvalue weighted by molar-refractivity contribution is -0.384. The molecule has 1 N–H and O–H groups in total. The maximum absolute atomic E-state index is 12.3. The van der Waals surface area contributed by atoms with E-state index in [1.165, 1.54) is 34.8 Å². The molecule has 0 spiro atoms. The number of carbonyl (C=O) groups excluding carboxylic acids is 1. The average Bonchev–Trinajstić information content (AvgIpc) is 2.88. The van der Waals surface area contributed by atoms with Crippen LogP contribution in [0.1, 0.15) is 16.3 Å². The van der Waals surface area contributed by atoms with Gasteiger partial charge in [0.15, 0.2) is 0 Å². The molecule has 0 bridgehead atoms. The van der Waals surface area contributed by atoms with Gasteiger partial charge >= 0.3 is 0 Å². The predicted molar refractivity (Wildman–Crippen MR) is 109 cm³/mol. The van der Waals surface area contributed by atoms with Crippen molar-refractivity contribution in [2.24, 2.45) is 0 Å². The molecule has 0 atom stereocenters. The van der Waals surface area contributed by atoms with Gasteiger partial charge in [0, 0.05) is 22.0 Å². The minimum Gasteiger partial charge on any atom is -0.325 e. The molecule has 1 aromatic carbocycles. The minimum atomic E-state index is -0.588. The van der Waals surface area contributed by atoms with Crippen LogP contribution in [0.4, 0.5) is 11.4 Å². The fraction of sp³-hybridized carbons (Fsp3) is 0.235. The van der Waals surface area contributed by atoms with Crippen LogP contribution < -0.4 is 5.32 Å². The Balaban J connectivity index is 1.76. The number of nitro groups is 1. The number of halogens is 1. The lowest BCUT2D eigenvalue weighted by atomic mass is 10.2. The molecule has 1 amide bonds. The Kier molecular flexibility index (Phi) is 5.64. The Bertz CT molecular complexity index is 1070. The maximum atomic E-state index is 12.3.